The zero-order valence-corrected chi connectivity index (χ0v) is 10.7. The first-order valence-corrected chi connectivity index (χ1v) is 6.40. The molecule has 15 heavy (non-hydrogen) atoms. The van der Waals surface area contributed by atoms with Crippen molar-refractivity contribution in [2.24, 2.45) is 0 Å². The topological polar surface area (TPSA) is 0 Å². The molecular weight excluding hydrogens is 250 g/mol. The highest BCUT2D eigenvalue weighted by atomic mass is 35.5. The molecule has 0 N–H and O–H groups in total. The van der Waals surface area contributed by atoms with Crippen LogP contribution in [0, 0.1) is 0 Å². The van der Waals surface area contributed by atoms with Crippen molar-refractivity contribution in [3.05, 3.63) is 33.8 Å². The van der Waals surface area contributed by atoms with E-state index >= 15 is 0 Å². The van der Waals surface area contributed by atoms with Crippen LogP contribution in [0.15, 0.2) is 18.2 Å². The zero-order chi connectivity index (χ0) is 10.9. The summed E-state index contributed by atoms with van der Waals surface area (Å²) in [4.78, 5) is -0.216. The van der Waals surface area contributed by atoms with Gasteiger partial charge in [-0.2, -0.15) is 0 Å². The summed E-state index contributed by atoms with van der Waals surface area (Å²) in [5.74, 6) is 0. The summed E-state index contributed by atoms with van der Waals surface area (Å²) < 4.78 is 0. The molecule has 0 aromatic heterocycles. The van der Waals surface area contributed by atoms with Gasteiger partial charge in [0.1, 0.15) is 0 Å². The Balaban J connectivity index is 2.31. The van der Waals surface area contributed by atoms with Gasteiger partial charge in [-0.25, -0.2) is 0 Å². The molecular formula is C12H13Cl3. The molecule has 0 unspecified atom stereocenters. The summed E-state index contributed by atoms with van der Waals surface area (Å²) in [6, 6.07) is 5.73. The zero-order valence-electron chi connectivity index (χ0n) is 8.40. The minimum Gasteiger partial charge on any atom is -0.114 e. The van der Waals surface area contributed by atoms with Gasteiger partial charge in [0.15, 0.2) is 0 Å². The summed E-state index contributed by atoms with van der Waals surface area (Å²) in [6.45, 7) is 0. The Morgan fingerprint density at radius 1 is 0.933 bits per heavy atom. The molecule has 0 radical (unpaired) electrons. The normalized spacial score (nSPS) is 20.2. The van der Waals surface area contributed by atoms with Gasteiger partial charge in [-0.15, -0.1) is 11.6 Å². The van der Waals surface area contributed by atoms with Crippen LogP contribution in [0.1, 0.15) is 37.7 Å². The smallest absolute Gasteiger partial charge is 0.0695 e. The lowest BCUT2D eigenvalue weighted by molar-refractivity contribution is 0.399. The lowest BCUT2D eigenvalue weighted by Crippen LogP contribution is -2.21. The highest BCUT2D eigenvalue weighted by molar-refractivity contribution is 6.42. The second-order valence-corrected chi connectivity index (χ2v) is 5.69. The molecule has 1 aromatic carbocycles. The fraction of sp³-hybridized carbons (Fsp3) is 0.500. The first-order chi connectivity index (χ1) is 7.12. The minimum atomic E-state index is -0.216. The first kappa shape index (κ1) is 11.6. The van der Waals surface area contributed by atoms with Gasteiger partial charge in [0.25, 0.3) is 0 Å². The Bertz CT molecular complexity index is 354. The fourth-order valence-corrected chi connectivity index (χ4v) is 2.86. The number of rotatable bonds is 1. The van der Waals surface area contributed by atoms with Crippen LogP contribution in [-0.2, 0) is 4.87 Å². The van der Waals surface area contributed by atoms with Gasteiger partial charge in [0, 0.05) is 0 Å². The van der Waals surface area contributed by atoms with Crippen LogP contribution in [0.3, 0.4) is 0 Å². The van der Waals surface area contributed by atoms with Gasteiger partial charge < -0.3 is 0 Å². The number of hydrogen-bond acceptors (Lipinski definition) is 0. The van der Waals surface area contributed by atoms with Gasteiger partial charge in [0.05, 0.1) is 14.9 Å². The lowest BCUT2D eigenvalue weighted by atomic mass is 9.83. The average Bonchev–Trinajstić information content (AvgIpc) is 2.23. The third-order valence-electron chi connectivity index (χ3n) is 3.08. The molecule has 82 valence electrons. The third kappa shape index (κ3) is 2.43. The quantitative estimate of drug-likeness (QED) is 0.596. The second kappa shape index (κ2) is 4.53. The highest BCUT2D eigenvalue weighted by Crippen LogP contribution is 2.44. The second-order valence-electron chi connectivity index (χ2n) is 4.15. The number of halogens is 3. The standard InChI is InChI=1S/C12H13Cl3/c13-10-5-4-9(8-11(10)14)12(15)6-2-1-3-7-12/h4-5,8H,1-3,6-7H2. The van der Waals surface area contributed by atoms with Crippen LogP contribution in [0.25, 0.3) is 0 Å². The van der Waals surface area contributed by atoms with Gasteiger partial charge in [0.2, 0.25) is 0 Å². The molecule has 0 aliphatic heterocycles. The summed E-state index contributed by atoms with van der Waals surface area (Å²) in [7, 11) is 0. The molecule has 1 saturated carbocycles. The third-order valence-corrected chi connectivity index (χ3v) is 4.42. The number of benzene rings is 1. The Morgan fingerprint density at radius 3 is 2.20 bits per heavy atom. The van der Waals surface area contributed by atoms with E-state index in [1.54, 1.807) is 0 Å². The van der Waals surface area contributed by atoms with Crippen molar-refractivity contribution in [2.45, 2.75) is 37.0 Å². The molecule has 0 spiro atoms. The maximum absolute atomic E-state index is 6.62. The van der Waals surface area contributed by atoms with Crippen LogP contribution in [0.4, 0.5) is 0 Å². The molecule has 0 amide bonds. The van der Waals surface area contributed by atoms with Crippen molar-refractivity contribution >= 4 is 34.8 Å². The SMILES string of the molecule is Clc1ccc(C2(Cl)CCCCC2)cc1Cl. The predicted molar refractivity (Wildman–Crippen MR) is 67.1 cm³/mol. The van der Waals surface area contributed by atoms with E-state index < -0.39 is 0 Å². The lowest BCUT2D eigenvalue weighted by Gasteiger charge is -2.31. The van der Waals surface area contributed by atoms with Gasteiger partial charge in [-0.3, -0.25) is 0 Å². The Kier molecular flexibility index (Phi) is 3.49. The van der Waals surface area contributed by atoms with E-state index in [9.17, 15) is 0 Å². The van der Waals surface area contributed by atoms with E-state index in [0.29, 0.717) is 10.0 Å². The van der Waals surface area contributed by atoms with Crippen molar-refractivity contribution in [1.29, 1.82) is 0 Å². The van der Waals surface area contributed by atoms with Gasteiger partial charge >= 0.3 is 0 Å². The van der Waals surface area contributed by atoms with Crippen molar-refractivity contribution < 1.29 is 0 Å². The molecule has 0 nitrogen and oxygen atoms in total. The molecule has 0 saturated heterocycles. The molecule has 0 atom stereocenters. The van der Waals surface area contributed by atoms with Crippen molar-refractivity contribution in [1.82, 2.24) is 0 Å². The van der Waals surface area contributed by atoms with Crippen molar-refractivity contribution in [3.63, 3.8) is 0 Å². The number of hydrogen-bond donors (Lipinski definition) is 0. The molecule has 1 aromatic rings. The summed E-state index contributed by atoms with van der Waals surface area (Å²) >= 11 is 18.5. The fourth-order valence-electron chi connectivity index (χ4n) is 2.18. The van der Waals surface area contributed by atoms with E-state index in [2.05, 4.69) is 0 Å². The highest BCUT2D eigenvalue weighted by Gasteiger charge is 2.31. The van der Waals surface area contributed by atoms with Crippen molar-refractivity contribution in [3.8, 4) is 0 Å². The molecule has 0 heterocycles. The minimum absolute atomic E-state index is 0.216. The van der Waals surface area contributed by atoms with E-state index in [4.69, 9.17) is 34.8 Å². The Morgan fingerprint density at radius 2 is 1.60 bits per heavy atom. The van der Waals surface area contributed by atoms with Crippen LogP contribution in [0.2, 0.25) is 10.0 Å². The predicted octanol–water partition coefficient (Wildman–Crippen LogP) is 5.39. The van der Waals surface area contributed by atoms with Crippen LogP contribution < -0.4 is 0 Å². The van der Waals surface area contributed by atoms with E-state index in [-0.39, 0.29) is 4.87 Å². The monoisotopic (exact) mass is 262 g/mol. The molecule has 1 aliphatic rings. The first-order valence-electron chi connectivity index (χ1n) is 5.26. The van der Waals surface area contributed by atoms with E-state index in [1.807, 2.05) is 18.2 Å². The Hall–Kier alpha value is 0.0900. The van der Waals surface area contributed by atoms with E-state index in [1.165, 1.54) is 19.3 Å². The van der Waals surface area contributed by atoms with E-state index in [0.717, 1.165) is 18.4 Å². The molecule has 1 aliphatic carbocycles. The molecule has 0 bridgehead atoms. The van der Waals surface area contributed by atoms with Crippen LogP contribution in [0.5, 0.6) is 0 Å². The maximum Gasteiger partial charge on any atom is 0.0695 e. The molecule has 3 heteroatoms. The van der Waals surface area contributed by atoms with Crippen LogP contribution >= 0.6 is 34.8 Å². The van der Waals surface area contributed by atoms with Crippen LogP contribution in [-0.4, -0.2) is 0 Å². The van der Waals surface area contributed by atoms with Gasteiger partial charge in [-0.1, -0.05) is 48.5 Å². The summed E-state index contributed by atoms with van der Waals surface area (Å²) in [6.07, 6.45) is 5.75. The molecule has 2 rings (SSSR count). The summed E-state index contributed by atoms with van der Waals surface area (Å²) in [5.41, 5.74) is 1.11. The Labute approximate surface area is 106 Å². The van der Waals surface area contributed by atoms with Crippen molar-refractivity contribution in [2.75, 3.05) is 0 Å². The largest absolute Gasteiger partial charge is 0.114 e. The summed E-state index contributed by atoms with van der Waals surface area (Å²) in [5, 5.41) is 1.19. The maximum atomic E-state index is 6.62. The molecule has 1 fully saturated rings. The average molecular weight is 264 g/mol. The number of alkyl halides is 1. The van der Waals surface area contributed by atoms with Gasteiger partial charge in [-0.05, 0) is 30.5 Å².